The fourth-order valence-electron chi connectivity index (χ4n) is 3.33. The minimum absolute atomic E-state index is 0.0946. The molecule has 11 heteroatoms. The fraction of sp³-hybridized carbons (Fsp3) is 0.333. The zero-order chi connectivity index (χ0) is 24.9. The number of nitrogens with one attached hydrogen (secondary N) is 1. The Morgan fingerprint density at radius 1 is 1.14 bits per heavy atom. The lowest BCUT2D eigenvalue weighted by Crippen LogP contribution is -2.15. The van der Waals surface area contributed by atoms with Crippen molar-refractivity contribution in [3.8, 4) is 16.6 Å². The Morgan fingerprint density at radius 3 is 2.51 bits per heavy atom. The van der Waals surface area contributed by atoms with E-state index in [0.29, 0.717) is 43.6 Å². The predicted octanol–water partition coefficient (Wildman–Crippen LogP) is 6.41. The van der Waals surface area contributed by atoms with Crippen molar-refractivity contribution in [1.29, 1.82) is 0 Å². The number of alkyl halides is 2. The lowest BCUT2D eigenvalue weighted by atomic mass is 10.0. The Labute approximate surface area is 214 Å². The Kier molecular flexibility index (Phi) is 8.30. The molecule has 186 valence electrons. The van der Waals surface area contributed by atoms with Gasteiger partial charge in [-0.1, -0.05) is 40.6 Å². The smallest absolute Gasteiger partial charge is 0.387 e. The van der Waals surface area contributed by atoms with Gasteiger partial charge in [-0.25, -0.2) is 9.78 Å². The highest BCUT2D eigenvalue weighted by Gasteiger charge is 2.27. The number of methoxy groups -OCH3 is 1. The molecular weight excluding hydrogens is 523 g/mol. The molecule has 0 radical (unpaired) electrons. The molecule has 1 fully saturated rings. The molecule has 0 spiro atoms. The van der Waals surface area contributed by atoms with Crippen molar-refractivity contribution in [1.82, 2.24) is 0 Å². The molecule has 1 N–H and O–H groups in total. The molecule has 0 saturated heterocycles. The van der Waals surface area contributed by atoms with E-state index in [4.69, 9.17) is 37.4 Å². The van der Waals surface area contributed by atoms with Gasteiger partial charge in [0.05, 0.1) is 13.7 Å². The molecule has 0 unspecified atom stereocenters. The number of aromatic amines is 1. The predicted molar refractivity (Wildman–Crippen MR) is 127 cm³/mol. The van der Waals surface area contributed by atoms with Crippen LogP contribution in [0.5, 0.6) is 16.6 Å². The number of ether oxygens (including phenoxy) is 4. The molecule has 1 aliphatic carbocycles. The summed E-state index contributed by atoms with van der Waals surface area (Å²) in [6, 6.07) is 7.73. The van der Waals surface area contributed by atoms with Crippen molar-refractivity contribution in [3.63, 3.8) is 0 Å². The van der Waals surface area contributed by atoms with E-state index < -0.39 is 18.7 Å². The molecule has 4 rings (SSSR count). The number of carbonyl (C=O) groups excluding carboxylic acids is 1. The quantitative estimate of drug-likeness (QED) is 0.261. The number of rotatable bonds is 11. The molecule has 2 aromatic heterocycles. The van der Waals surface area contributed by atoms with Crippen LogP contribution < -0.4 is 19.2 Å². The number of aromatic nitrogens is 1. The fourth-order valence-corrected chi connectivity index (χ4v) is 4.57. The van der Waals surface area contributed by atoms with Crippen molar-refractivity contribution in [3.05, 3.63) is 68.8 Å². The van der Waals surface area contributed by atoms with Crippen LogP contribution in [-0.2, 0) is 11.2 Å². The number of H-pyrrole nitrogens is 1. The molecule has 0 amide bonds. The minimum atomic E-state index is -3.01. The van der Waals surface area contributed by atoms with Crippen LogP contribution in [-0.4, -0.2) is 26.3 Å². The van der Waals surface area contributed by atoms with Crippen molar-refractivity contribution >= 4 is 40.5 Å². The van der Waals surface area contributed by atoms with Gasteiger partial charge in [-0.2, -0.15) is 8.78 Å². The Hall–Kier alpha value is -2.62. The molecule has 6 nitrogen and oxygen atoms in total. The molecular formula is C24H22Cl2F2NO5S+. The largest absolute Gasteiger partial charge is 0.489 e. The van der Waals surface area contributed by atoms with Gasteiger partial charge in [0.1, 0.15) is 21.0 Å². The van der Waals surface area contributed by atoms with Gasteiger partial charge >= 0.3 is 12.6 Å². The maximum Gasteiger partial charge on any atom is 0.387 e. The minimum Gasteiger partial charge on any atom is -0.489 e. The highest BCUT2D eigenvalue weighted by atomic mass is 35.5. The van der Waals surface area contributed by atoms with Crippen molar-refractivity contribution in [2.24, 2.45) is 5.92 Å². The van der Waals surface area contributed by atoms with Gasteiger partial charge in [-0.3, -0.25) is 0 Å². The number of halogens is 4. The molecule has 2 heterocycles. The van der Waals surface area contributed by atoms with Crippen LogP contribution in [0.25, 0.3) is 0 Å². The van der Waals surface area contributed by atoms with E-state index in [9.17, 15) is 13.6 Å². The number of hydrogen-bond acceptors (Lipinski definition) is 6. The summed E-state index contributed by atoms with van der Waals surface area (Å²) >= 11 is 13.8. The molecule has 0 bridgehead atoms. The topological polar surface area (TPSA) is 68.1 Å². The number of pyridine rings is 1. The second-order valence-corrected chi connectivity index (χ2v) is 9.75. The Morgan fingerprint density at radius 2 is 1.89 bits per heavy atom. The first-order valence-corrected chi connectivity index (χ1v) is 12.3. The summed E-state index contributed by atoms with van der Waals surface area (Å²) in [6.07, 6.45) is 4.47. The Bertz CT molecular complexity index is 1170. The van der Waals surface area contributed by atoms with Crippen LogP contribution >= 0.6 is 34.5 Å². The second-order valence-electron chi connectivity index (χ2n) is 7.89. The van der Waals surface area contributed by atoms with Gasteiger partial charge in [0.25, 0.3) is 0 Å². The van der Waals surface area contributed by atoms with Gasteiger partial charge in [-0.15, -0.1) is 0 Å². The van der Waals surface area contributed by atoms with Crippen molar-refractivity contribution < 1.29 is 37.5 Å². The van der Waals surface area contributed by atoms with Gasteiger partial charge < -0.3 is 18.9 Å². The van der Waals surface area contributed by atoms with Crippen LogP contribution in [0.2, 0.25) is 10.0 Å². The average Bonchev–Trinajstić information content (AvgIpc) is 3.53. The van der Waals surface area contributed by atoms with Crippen molar-refractivity contribution in [2.75, 3.05) is 13.7 Å². The van der Waals surface area contributed by atoms with E-state index in [1.807, 2.05) is 0 Å². The van der Waals surface area contributed by atoms with Gasteiger partial charge in [-0.05, 0) is 48.6 Å². The van der Waals surface area contributed by atoms with Crippen LogP contribution in [0.3, 0.4) is 0 Å². The third-order valence-electron chi connectivity index (χ3n) is 5.35. The molecule has 1 aliphatic rings. The summed E-state index contributed by atoms with van der Waals surface area (Å²) in [6.45, 7) is -2.63. The number of hydrogen-bond donors (Lipinski definition) is 0. The third-order valence-corrected chi connectivity index (χ3v) is 7.05. The van der Waals surface area contributed by atoms with E-state index >= 15 is 0 Å². The highest BCUT2D eigenvalue weighted by molar-refractivity contribution is 7.15. The van der Waals surface area contributed by atoms with Crippen LogP contribution in [0.15, 0.2) is 42.7 Å². The monoisotopic (exact) mass is 544 g/mol. The summed E-state index contributed by atoms with van der Waals surface area (Å²) in [5.74, 6) is -0.139. The SMILES string of the molecule is COc1ccc(C(=O)O[C@@H](Cc2c(Cl)c[nH+]cc2Cl)c2ccc(OC(F)F)c(OCC3CC3)c2)s1. The van der Waals surface area contributed by atoms with E-state index in [2.05, 4.69) is 9.72 Å². The normalized spacial score (nSPS) is 14.0. The van der Waals surface area contributed by atoms with Crippen LogP contribution in [0.1, 0.15) is 39.7 Å². The molecule has 1 aromatic carbocycles. The maximum atomic E-state index is 12.9. The summed E-state index contributed by atoms with van der Waals surface area (Å²) in [4.78, 5) is 16.1. The maximum absolute atomic E-state index is 12.9. The van der Waals surface area contributed by atoms with Gasteiger partial charge in [0, 0.05) is 12.0 Å². The zero-order valence-corrected chi connectivity index (χ0v) is 20.9. The standard InChI is InChI=1S/C24H21Cl2F2NO5S/c1-31-22-7-6-21(35-22)23(30)33-19(9-15-16(25)10-29-11-17(15)26)14-4-5-18(34-24(27)28)20(8-14)32-12-13-2-3-13/h4-8,10-11,13,19,24H,2-3,9,12H2,1H3/p+1/t19-/m0/s1. The third kappa shape index (κ3) is 6.74. The lowest BCUT2D eigenvalue weighted by Gasteiger charge is -2.21. The molecule has 35 heavy (non-hydrogen) atoms. The molecule has 0 aliphatic heterocycles. The van der Waals surface area contributed by atoms with Gasteiger partial charge in [0.2, 0.25) is 0 Å². The van der Waals surface area contributed by atoms with E-state index in [-0.39, 0.29) is 17.9 Å². The first-order chi connectivity index (χ1) is 16.8. The lowest BCUT2D eigenvalue weighted by molar-refractivity contribution is -0.377. The van der Waals surface area contributed by atoms with E-state index in [1.54, 1.807) is 36.7 Å². The number of esters is 1. The highest BCUT2D eigenvalue weighted by Crippen LogP contribution is 2.38. The Balaban J connectivity index is 1.66. The van der Waals surface area contributed by atoms with Crippen LogP contribution in [0, 0.1) is 5.92 Å². The van der Waals surface area contributed by atoms with Gasteiger partial charge in [0.15, 0.2) is 29.0 Å². The number of carbonyl (C=O) groups is 1. The summed E-state index contributed by atoms with van der Waals surface area (Å²) in [5.41, 5.74) is 1.07. The summed E-state index contributed by atoms with van der Waals surface area (Å²) < 4.78 is 47.3. The summed E-state index contributed by atoms with van der Waals surface area (Å²) in [7, 11) is 1.51. The second kappa shape index (κ2) is 11.4. The first-order valence-electron chi connectivity index (χ1n) is 10.7. The zero-order valence-electron chi connectivity index (χ0n) is 18.6. The molecule has 3 aromatic rings. The molecule has 1 saturated carbocycles. The van der Waals surface area contributed by atoms with Crippen LogP contribution in [0.4, 0.5) is 8.78 Å². The van der Waals surface area contributed by atoms with E-state index in [1.165, 1.54) is 13.2 Å². The number of benzene rings is 1. The summed E-state index contributed by atoms with van der Waals surface area (Å²) in [5, 5.41) is 1.28. The van der Waals surface area contributed by atoms with Crippen molar-refractivity contribution in [2.45, 2.75) is 32.0 Å². The van der Waals surface area contributed by atoms with E-state index in [0.717, 1.165) is 24.2 Å². The molecule has 1 atom stereocenters. The number of thiophene rings is 1. The first kappa shape index (κ1) is 25.5. The average molecular weight is 545 g/mol.